The van der Waals surface area contributed by atoms with Crippen LogP contribution in [-0.2, 0) is 4.79 Å². The van der Waals surface area contributed by atoms with Crippen molar-refractivity contribution in [3.63, 3.8) is 0 Å². The number of benzene rings is 1. The van der Waals surface area contributed by atoms with Crippen LogP contribution >= 0.6 is 34.9 Å². The van der Waals surface area contributed by atoms with E-state index in [-0.39, 0.29) is 11.2 Å². The molecule has 2 heterocycles. The Morgan fingerprint density at radius 3 is 2.67 bits per heavy atom. The fourth-order valence-corrected chi connectivity index (χ4v) is 5.82. The second kappa shape index (κ2) is 7.89. The highest BCUT2D eigenvalue weighted by Gasteiger charge is 2.42. The molecule has 1 spiro atoms. The number of carbonyl (C=O) groups excluding carboxylic acids is 1. The van der Waals surface area contributed by atoms with Crippen LogP contribution in [-0.4, -0.2) is 33.4 Å². The van der Waals surface area contributed by atoms with Crippen LogP contribution in [0.1, 0.15) is 39.0 Å². The molecule has 1 aromatic heterocycles. The summed E-state index contributed by atoms with van der Waals surface area (Å²) in [6.45, 7) is 1.87. The molecule has 1 N–H and O–H groups in total. The minimum atomic E-state index is -0.501. The average Bonchev–Trinajstić information content (AvgIpc) is 3.25. The minimum Gasteiger partial charge on any atom is -0.448 e. The first kappa shape index (κ1) is 18.9. The molecule has 6 nitrogen and oxygen atoms in total. The van der Waals surface area contributed by atoms with Gasteiger partial charge in [0.05, 0.1) is 5.25 Å². The third-order valence-corrected chi connectivity index (χ3v) is 7.71. The predicted molar refractivity (Wildman–Crippen MR) is 109 cm³/mol. The van der Waals surface area contributed by atoms with Crippen molar-refractivity contribution >= 4 is 46.5 Å². The number of carbonyl (C=O) groups is 1. The van der Waals surface area contributed by atoms with Gasteiger partial charge in [0.25, 0.3) is 5.79 Å². The molecule has 1 aliphatic heterocycles. The summed E-state index contributed by atoms with van der Waals surface area (Å²) < 4.78 is 13.9. The van der Waals surface area contributed by atoms with E-state index >= 15 is 0 Å². The van der Waals surface area contributed by atoms with Crippen LogP contribution in [0, 0.1) is 0 Å². The molecule has 1 atom stereocenters. The highest BCUT2D eigenvalue weighted by molar-refractivity contribution is 8.03. The first-order valence-corrected chi connectivity index (χ1v) is 11.9. The van der Waals surface area contributed by atoms with E-state index in [0.29, 0.717) is 11.4 Å². The monoisotopic (exact) mass is 423 g/mol. The van der Waals surface area contributed by atoms with Gasteiger partial charge in [-0.2, -0.15) is 0 Å². The van der Waals surface area contributed by atoms with E-state index in [1.807, 2.05) is 31.4 Å². The van der Waals surface area contributed by atoms with E-state index in [1.54, 1.807) is 11.8 Å². The molecule has 0 radical (unpaired) electrons. The van der Waals surface area contributed by atoms with Gasteiger partial charge in [0.2, 0.25) is 5.91 Å². The highest BCUT2D eigenvalue weighted by atomic mass is 32.2. The van der Waals surface area contributed by atoms with E-state index in [2.05, 4.69) is 15.5 Å². The van der Waals surface area contributed by atoms with Gasteiger partial charge in [-0.05, 0) is 38.2 Å². The largest absolute Gasteiger partial charge is 0.448 e. The summed E-state index contributed by atoms with van der Waals surface area (Å²) in [5.74, 6) is 0.894. The summed E-state index contributed by atoms with van der Waals surface area (Å²) in [6, 6.07) is 5.59. The number of amides is 1. The molecule has 144 valence electrons. The molecular formula is C18H21N3O3S3. The van der Waals surface area contributed by atoms with Crippen LogP contribution in [0.2, 0.25) is 0 Å². The van der Waals surface area contributed by atoms with Crippen molar-refractivity contribution < 1.29 is 14.3 Å². The lowest BCUT2D eigenvalue weighted by atomic mass is 9.94. The summed E-state index contributed by atoms with van der Waals surface area (Å²) in [7, 11) is 0. The summed E-state index contributed by atoms with van der Waals surface area (Å²) in [6.07, 6.45) is 7.26. The Hall–Kier alpha value is -1.45. The maximum absolute atomic E-state index is 12.5. The van der Waals surface area contributed by atoms with Crippen LogP contribution in [0.25, 0.3) is 0 Å². The maximum atomic E-state index is 12.5. The smallest absolute Gasteiger partial charge is 0.251 e. The number of nitrogens with zero attached hydrogens (tertiary/aromatic N) is 2. The number of nitrogens with one attached hydrogen (secondary N) is 1. The van der Waals surface area contributed by atoms with Crippen molar-refractivity contribution in [1.29, 1.82) is 0 Å². The van der Waals surface area contributed by atoms with Gasteiger partial charge in [0.15, 0.2) is 20.2 Å². The first-order valence-electron chi connectivity index (χ1n) is 8.94. The van der Waals surface area contributed by atoms with Crippen LogP contribution < -0.4 is 14.8 Å². The van der Waals surface area contributed by atoms with Crippen molar-refractivity contribution in [1.82, 2.24) is 10.2 Å². The lowest BCUT2D eigenvalue weighted by Gasteiger charge is -2.31. The number of anilines is 1. The van der Waals surface area contributed by atoms with Crippen LogP contribution in [0.4, 0.5) is 5.69 Å². The van der Waals surface area contributed by atoms with Gasteiger partial charge in [-0.1, -0.05) is 41.3 Å². The fraction of sp³-hybridized carbons (Fsp3) is 0.500. The molecule has 2 aromatic rings. The standard InChI is InChI=1S/C18H21N3O3S3/c1-11(26-17-21-20-16(25-2)27-17)15(22)19-12-6-7-13-14(10-12)24-18(23-13)8-4-3-5-9-18/h6-7,10-11H,3-5,8-9H2,1-2H3,(H,19,22)/t11-/m0/s1. The zero-order valence-corrected chi connectivity index (χ0v) is 17.6. The molecule has 1 fully saturated rings. The number of fused-ring (bicyclic) bond motifs is 1. The second-order valence-corrected chi connectivity index (χ2v) is 10.2. The Morgan fingerprint density at radius 1 is 1.19 bits per heavy atom. The zero-order chi connectivity index (χ0) is 18.9. The van der Waals surface area contributed by atoms with Gasteiger partial charge in [0, 0.05) is 24.6 Å². The first-order chi connectivity index (χ1) is 13.1. The summed E-state index contributed by atoms with van der Waals surface area (Å²) in [4.78, 5) is 12.5. The summed E-state index contributed by atoms with van der Waals surface area (Å²) in [5.41, 5.74) is 0.713. The molecule has 0 unspecified atom stereocenters. The van der Waals surface area contributed by atoms with Crippen molar-refractivity contribution in [3.05, 3.63) is 18.2 Å². The van der Waals surface area contributed by atoms with Gasteiger partial charge in [-0.15, -0.1) is 10.2 Å². The summed E-state index contributed by atoms with van der Waals surface area (Å²) >= 11 is 4.47. The fourth-order valence-electron chi connectivity index (χ4n) is 3.24. The van der Waals surface area contributed by atoms with E-state index in [1.165, 1.54) is 29.5 Å². The second-order valence-electron chi connectivity index (χ2n) is 6.62. The lowest BCUT2D eigenvalue weighted by molar-refractivity contribution is -0.115. The molecule has 1 aliphatic carbocycles. The molecule has 1 amide bonds. The van der Waals surface area contributed by atoms with Crippen molar-refractivity contribution in [3.8, 4) is 11.5 Å². The van der Waals surface area contributed by atoms with E-state index < -0.39 is 5.79 Å². The van der Waals surface area contributed by atoms with E-state index in [0.717, 1.165) is 40.1 Å². The Morgan fingerprint density at radius 2 is 1.93 bits per heavy atom. The zero-order valence-electron chi connectivity index (χ0n) is 15.2. The number of hydrogen-bond donors (Lipinski definition) is 1. The number of aromatic nitrogens is 2. The number of rotatable bonds is 5. The Kier molecular flexibility index (Phi) is 5.52. The van der Waals surface area contributed by atoms with Gasteiger partial charge in [-0.3, -0.25) is 4.79 Å². The van der Waals surface area contributed by atoms with Crippen molar-refractivity contribution in [2.24, 2.45) is 0 Å². The third-order valence-electron chi connectivity index (χ3n) is 4.63. The Balaban J connectivity index is 1.38. The molecule has 1 saturated carbocycles. The number of hydrogen-bond acceptors (Lipinski definition) is 8. The molecule has 2 aliphatic rings. The molecule has 27 heavy (non-hydrogen) atoms. The lowest BCUT2D eigenvalue weighted by Crippen LogP contribution is -2.40. The van der Waals surface area contributed by atoms with E-state index in [9.17, 15) is 4.79 Å². The Bertz CT molecular complexity index is 836. The van der Waals surface area contributed by atoms with Crippen molar-refractivity contribution in [2.45, 2.75) is 58.7 Å². The average molecular weight is 424 g/mol. The van der Waals surface area contributed by atoms with E-state index in [4.69, 9.17) is 9.47 Å². The SMILES string of the molecule is CSc1nnc(S[C@@H](C)C(=O)Nc2ccc3c(c2)OC2(CCCCC2)O3)s1. The highest BCUT2D eigenvalue weighted by Crippen LogP contribution is 2.46. The quantitative estimate of drug-likeness (QED) is 0.692. The molecule has 1 aromatic carbocycles. The molecule has 0 saturated heterocycles. The summed E-state index contributed by atoms with van der Waals surface area (Å²) in [5, 5.41) is 10.9. The normalized spacial score (nSPS) is 18.4. The molecular weight excluding hydrogens is 402 g/mol. The molecule has 0 bridgehead atoms. The van der Waals surface area contributed by atoms with Crippen LogP contribution in [0.15, 0.2) is 26.9 Å². The topological polar surface area (TPSA) is 73.3 Å². The maximum Gasteiger partial charge on any atom is 0.251 e. The number of ether oxygens (including phenoxy) is 2. The molecule has 4 rings (SSSR count). The van der Waals surface area contributed by atoms with Crippen molar-refractivity contribution in [2.75, 3.05) is 11.6 Å². The Labute approximate surface area is 170 Å². The van der Waals surface area contributed by atoms with Gasteiger partial charge < -0.3 is 14.8 Å². The number of thioether (sulfide) groups is 2. The minimum absolute atomic E-state index is 0.0767. The molecule has 9 heteroatoms. The van der Waals surface area contributed by atoms with Gasteiger partial charge in [0.1, 0.15) is 0 Å². The predicted octanol–water partition coefficient (Wildman–Crippen LogP) is 4.81. The van der Waals surface area contributed by atoms with Crippen LogP contribution in [0.5, 0.6) is 11.5 Å². The third kappa shape index (κ3) is 4.20. The van der Waals surface area contributed by atoms with Gasteiger partial charge >= 0.3 is 0 Å². The van der Waals surface area contributed by atoms with Crippen LogP contribution in [0.3, 0.4) is 0 Å². The van der Waals surface area contributed by atoms with Gasteiger partial charge in [-0.25, -0.2) is 0 Å².